The number of carbonyl (C=O) groups excluding carboxylic acids is 1. The fourth-order valence-corrected chi connectivity index (χ4v) is 2.31. The topological polar surface area (TPSA) is 29.6 Å². The Bertz CT molecular complexity index is 200. The van der Waals surface area contributed by atoms with Crippen LogP contribution in [0.4, 0.5) is 0 Å². The van der Waals surface area contributed by atoms with Gasteiger partial charge in [0.25, 0.3) is 0 Å². The molecule has 0 bridgehead atoms. The van der Waals surface area contributed by atoms with E-state index in [0.29, 0.717) is 12.2 Å². The molecule has 1 saturated heterocycles. The zero-order valence-corrected chi connectivity index (χ0v) is 7.64. The van der Waals surface area contributed by atoms with E-state index in [9.17, 15) is 4.79 Å². The van der Waals surface area contributed by atoms with E-state index in [2.05, 4.69) is 0 Å². The highest BCUT2D eigenvalue weighted by Gasteiger charge is 2.60. The number of hydrogen-bond donors (Lipinski definition) is 0. The third kappa shape index (κ3) is 1.09. The summed E-state index contributed by atoms with van der Waals surface area (Å²) in [7, 11) is 0. The van der Waals surface area contributed by atoms with Gasteiger partial charge in [-0.15, -0.1) is 0 Å². The Morgan fingerprint density at radius 1 is 1.50 bits per heavy atom. The molecule has 0 unspecified atom stereocenters. The van der Waals surface area contributed by atoms with Crippen LogP contribution in [0.15, 0.2) is 0 Å². The van der Waals surface area contributed by atoms with E-state index < -0.39 is 0 Å². The van der Waals surface area contributed by atoms with Crippen molar-refractivity contribution < 1.29 is 9.53 Å². The summed E-state index contributed by atoms with van der Waals surface area (Å²) in [6, 6.07) is 0. The summed E-state index contributed by atoms with van der Waals surface area (Å²) in [6.45, 7) is 1.93. The monoisotopic (exact) mass is 168 g/mol. The number of fused-ring (bicyclic) bond motifs is 1. The van der Waals surface area contributed by atoms with E-state index in [4.69, 9.17) is 4.74 Å². The number of carbonyl (C=O) groups is 1. The van der Waals surface area contributed by atoms with Gasteiger partial charge in [0.05, 0.1) is 6.10 Å². The van der Waals surface area contributed by atoms with E-state index in [1.807, 2.05) is 6.92 Å². The summed E-state index contributed by atoms with van der Waals surface area (Å²) in [6.07, 6.45) is 6.68. The smallest absolute Gasteiger partial charge is 0.167 e. The summed E-state index contributed by atoms with van der Waals surface area (Å²) >= 11 is 0. The van der Waals surface area contributed by atoms with Crippen LogP contribution in [0, 0.1) is 0 Å². The number of Topliss-reactive ketones (excluding diaryl/α,β-unsaturated/α-hetero) is 1. The minimum absolute atomic E-state index is 0.285. The highest BCUT2D eigenvalue weighted by Crippen LogP contribution is 2.47. The molecule has 2 aliphatic rings. The molecule has 0 radical (unpaired) electrons. The molecule has 1 aliphatic carbocycles. The average Bonchev–Trinajstić information content (AvgIpc) is 2.76. The minimum atomic E-state index is -0.300. The lowest BCUT2D eigenvalue weighted by molar-refractivity contribution is -0.124. The maximum atomic E-state index is 11.6. The molecule has 1 saturated carbocycles. The second-order valence-electron chi connectivity index (χ2n) is 3.87. The Kier molecular flexibility index (Phi) is 1.95. The van der Waals surface area contributed by atoms with E-state index in [-0.39, 0.29) is 11.7 Å². The molecule has 1 aliphatic heterocycles. The molecular formula is C10H16O2. The fraction of sp³-hybridized carbons (Fsp3) is 0.900. The number of ether oxygens (including phenoxy) is 1. The van der Waals surface area contributed by atoms with Gasteiger partial charge in [0.2, 0.25) is 0 Å². The molecule has 12 heavy (non-hydrogen) atoms. The standard InChI is InChI=1S/C10H16O2/c1-2-8(11)10-7-5-3-4-6-9(10)12-10/h9H,2-7H2,1H3/t9-,10-/m1/s1. The van der Waals surface area contributed by atoms with Gasteiger partial charge in [0, 0.05) is 6.42 Å². The molecule has 0 N–H and O–H groups in total. The van der Waals surface area contributed by atoms with E-state index in [1.54, 1.807) is 0 Å². The Hall–Kier alpha value is -0.370. The predicted molar refractivity (Wildman–Crippen MR) is 46.0 cm³/mol. The normalized spacial score (nSPS) is 39.9. The highest BCUT2D eigenvalue weighted by atomic mass is 16.6. The number of hydrogen-bond acceptors (Lipinski definition) is 2. The van der Waals surface area contributed by atoms with E-state index in [0.717, 1.165) is 12.8 Å². The van der Waals surface area contributed by atoms with E-state index in [1.165, 1.54) is 19.3 Å². The largest absolute Gasteiger partial charge is 0.358 e. The van der Waals surface area contributed by atoms with Crippen molar-refractivity contribution in [2.75, 3.05) is 0 Å². The molecule has 0 spiro atoms. The summed E-state index contributed by atoms with van der Waals surface area (Å²) < 4.78 is 5.55. The van der Waals surface area contributed by atoms with Gasteiger partial charge in [-0.2, -0.15) is 0 Å². The first-order valence-electron chi connectivity index (χ1n) is 5.01. The summed E-state index contributed by atoms with van der Waals surface area (Å²) in [5.74, 6) is 0.328. The van der Waals surface area contributed by atoms with Crippen molar-refractivity contribution in [2.24, 2.45) is 0 Å². The molecule has 2 fully saturated rings. The Morgan fingerprint density at radius 3 is 3.08 bits per heavy atom. The molecule has 0 amide bonds. The maximum absolute atomic E-state index is 11.6. The first kappa shape index (κ1) is 8.24. The van der Waals surface area contributed by atoms with Gasteiger partial charge in [0.1, 0.15) is 0 Å². The quantitative estimate of drug-likeness (QED) is 0.591. The predicted octanol–water partition coefficient (Wildman–Crippen LogP) is 2.07. The SMILES string of the molecule is CCC(=O)[C@]12CCCCC[C@H]1O2. The van der Waals surface area contributed by atoms with Gasteiger partial charge < -0.3 is 4.74 Å². The molecule has 68 valence electrons. The van der Waals surface area contributed by atoms with Crippen molar-refractivity contribution in [3.05, 3.63) is 0 Å². The van der Waals surface area contributed by atoms with Gasteiger partial charge in [0.15, 0.2) is 11.4 Å². The Morgan fingerprint density at radius 2 is 2.33 bits per heavy atom. The number of epoxide rings is 1. The van der Waals surface area contributed by atoms with Crippen LogP contribution in [0.5, 0.6) is 0 Å². The summed E-state index contributed by atoms with van der Waals surface area (Å²) in [5, 5.41) is 0. The van der Waals surface area contributed by atoms with Crippen LogP contribution in [0.1, 0.15) is 45.4 Å². The second kappa shape index (κ2) is 2.84. The third-order valence-electron chi connectivity index (χ3n) is 3.12. The molecular weight excluding hydrogens is 152 g/mol. The van der Waals surface area contributed by atoms with Crippen molar-refractivity contribution in [2.45, 2.75) is 57.2 Å². The molecule has 0 aromatic heterocycles. The van der Waals surface area contributed by atoms with Gasteiger partial charge in [-0.1, -0.05) is 26.2 Å². The molecule has 0 aromatic rings. The van der Waals surface area contributed by atoms with Crippen LogP contribution in [0.25, 0.3) is 0 Å². The van der Waals surface area contributed by atoms with Crippen molar-refractivity contribution in [1.29, 1.82) is 0 Å². The number of rotatable bonds is 2. The Balaban J connectivity index is 2.06. The van der Waals surface area contributed by atoms with E-state index >= 15 is 0 Å². The second-order valence-corrected chi connectivity index (χ2v) is 3.87. The van der Waals surface area contributed by atoms with Gasteiger partial charge in [-0.3, -0.25) is 4.79 Å². The molecule has 2 rings (SSSR count). The lowest BCUT2D eigenvalue weighted by Crippen LogP contribution is -2.25. The first-order chi connectivity index (χ1) is 5.79. The van der Waals surface area contributed by atoms with Crippen LogP contribution < -0.4 is 0 Å². The molecule has 1 heterocycles. The van der Waals surface area contributed by atoms with Gasteiger partial charge in [-0.25, -0.2) is 0 Å². The Labute approximate surface area is 73.3 Å². The summed E-state index contributed by atoms with van der Waals surface area (Å²) in [5.41, 5.74) is -0.300. The van der Waals surface area contributed by atoms with Gasteiger partial charge >= 0.3 is 0 Å². The van der Waals surface area contributed by atoms with Gasteiger partial charge in [-0.05, 0) is 12.8 Å². The van der Waals surface area contributed by atoms with Crippen molar-refractivity contribution in [3.63, 3.8) is 0 Å². The van der Waals surface area contributed by atoms with Crippen LogP contribution >= 0.6 is 0 Å². The third-order valence-corrected chi connectivity index (χ3v) is 3.12. The number of ketones is 1. The zero-order valence-electron chi connectivity index (χ0n) is 7.64. The maximum Gasteiger partial charge on any atom is 0.167 e. The van der Waals surface area contributed by atoms with Crippen molar-refractivity contribution >= 4 is 5.78 Å². The highest BCUT2D eigenvalue weighted by molar-refractivity contribution is 5.90. The first-order valence-corrected chi connectivity index (χ1v) is 5.01. The molecule has 2 heteroatoms. The lowest BCUT2D eigenvalue weighted by atomic mass is 9.93. The van der Waals surface area contributed by atoms with Crippen LogP contribution in [0.2, 0.25) is 0 Å². The average molecular weight is 168 g/mol. The fourth-order valence-electron chi connectivity index (χ4n) is 2.31. The molecule has 2 atom stereocenters. The lowest BCUT2D eigenvalue weighted by Gasteiger charge is -2.07. The summed E-state index contributed by atoms with van der Waals surface area (Å²) in [4.78, 5) is 11.6. The van der Waals surface area contributed by atoms with Crippen LogP contribution in [-0.4, -0.2) is 17.5 Å². The van der Waals surface area contributed by atoms with Crippen LogP contribution in [0.3, 0.4) is 0 Å². The zero-order chi connectivity index (χ0) is 8.60. The van der Waals surface area contributed by atoms with Crippen LogP contribution in [-0.2, 0) is 9.53 Å². The minimum Gasteiger partial charge on any atom is -0.358 e. The molecule has 0 aromatic carbocycles. The van der Waals surface area contributed by atoms with Crippen molar-refractivity contribution in [1.82, 2.24) is 0 Å². The molecule has 2 nitrogen and oxygen atoms in total. The van der Waals surface area contributed by atoms with Crippen molar-refractivity contribution in [3.8, 4) is 0 Å².